The van der Waals surface area contributed by atoms with Gasteiger partial charge in [-0.25, -0.2) is 0 Å². The van der Waals surface area contributed by atoms with Gasteiger partial charge in [0.2, 0.25) is 6.41 Å². The molecule has 6 heteroatoms. The molecule has 0 aliphatic carbocycles. The van der Waals surface area contributed by atoms with Gasteiger partial charge in [0.1, 0.15) is 0 Å². The average Bonchev–Trinajstić information content (AvgIpc) is 3.04. The Morgan fingerprint density at radius 2 is 1.73 bits per heavy atom. The minimum Gasteiger partial charge on any atom is -0.432 e. The van der Waals surface area contributed by atoms with Gasteiger partial charge in [0.25, 0.3) is 0 Å². The first-order valence-electron chi connectivity index (χ1n) is 10.7. The number of amides is 1. The van der Waals surface area contributed by atoms with Crippen molar-refractivity contribution in [1.29, 1.82) is 0 Å². The lowest BCUT2D eigenvalue weighted by atomic mass is 9.95. The number of nitrogens with zero attached hydrogens (tertiary/aromatic N) is 1. The number of para-hydroxylation sites is 1. The molecule has 0 unspecified atom stereocenters. The predicted octanol–water partition coefficient (Wildman–Crippen LogP) is 4.27. The largest absolute Gasteiger partial charge is 0.432 e. The minimum atomic E-state index is -2.39. The molecule has 3 rings (SSSR count). The van der Waals surface area contributed by atoms with Crippen LogP contribution < -0.4 is 4.90 Å². The zero-order chi connectivity index (χ0) is 21.7. The van der Waals surface area contributed by atoms with Crippen molar-refractivity contribution in [3.05, 3.63) is 60.2 Å². The number of carbonyl (C=O) groups excluding carboxylic acids is 1. The number of rotatable bonds is 9. The number of hydrogen-bond donors (Lipinski definition) is 2. The van der Waals surface area contributed by atoms with E-state index >= 15 is 0 Å². The van der Waals surface area contributed by atoms with Crippen molar-refractivity contribution in [2.24, 2.45) is 5.92 Å². The molecule has 2 aromatic rings. The highest BCUT2D eigenvalue weighted by Crippen LogP contribution is 2.45. The molecular formula is C24H33NO4Si. The quantitative estimate of drug-likeness (QED) is 0.463. The van der Waals surface area contributed by atoms with E-state index in [1.165, 1.54) is 0 Å². The third-order valence-corrected chi connectivity index (χ3v) is 8.71. The van der Waals surface area contributed by atoms with E-state index in [2.05, 4.69) is 19.1 Å². The van der Waals surface area contributed by atoms with E-state index in [4.69, 9.17) is 4.74 Å². The van der Waals surface area contributed by atoms with E-state index in [1.54, 1.807) is 4.90 Å². The Morgan fingerprint density at radius 3 is 2.37 bits per heavy atom. The van der Waals surface area contributed by atoms with Crippen molar-refractivity contribution in [1.82, 2.24) is 0 Å². The van der Waals surface area contributed by atoms with Crippen LogP contribution >= 0.6 is 0 Å². The Labute approximate surface area is 180 Å². The third kappa shape index (κ3) is 5.18. The number of ether oxygens (including phenoxy) is 1. The van der Waals surface area contributed by atoms with Crippen molar-refractivity contribution in [3.63, 3.8) is 0 Å². The van der Waals surface area contributed by atoms with Crippen molar-refractivity contribution >= 4 is 26.1 Å². The van der Waals surface area contributed by atoms with Crippen LogP contribution in [0.3, 0.4) is 0 Å². The number of hydrogen-bond acceptors (Lipinski definition) is 4. The lowest BCUT2D eigenvalue weighted by molar-refractivity contribution is -0.106. The zero-order valence-electron chi connectivity index (χ0n) is 18.1. The Bertz CT molecular complexity index is 823. The monoisotopic (exact) mass is 427 g/mol. The van der Waals surface area contributed by atoms with Crippen molar-refractivity contribution in [2.45, 2.75) is 57.0 Å². The molecule has 1 aliphatic heterocycles. The number of carbonyl (C=O) groups is 1. The molecule has 0 aromatic heterocycles. The van der Waals surface area contributed by atoms with E-state index in [0.29, 0.717) is 6.42 Å². The van der Waals surface area contributed by atoms with Crippen LogP contribution in [0.25, 0.3) is 0 Å². The molecule has 1 aliphatic rings. The van der Waals surface area contributed by atoms with Crippen LogP contribution in [0.1, 0.15) is 25.3 Å². The second-order valence-corrected chi connectivity index (χ2v) is 12.8. The van der Waals surface area contributed by atoms with Crippen LogP contribution in [0.2, 0.25) is 18.6 Å². The van der Waals surface area contributed by atoms with E-state index in [0.717, 1.165) is 36.2 Å². The van der Waals surface area contributed by atoms with Gasteiger partial charge in [-0.2, -0.15) is 0 Å². The minimum absolute atomic E-state index is 0.0606. The number of benzene rings is 2. The summed E-state index contributed by atoms with van der Waals surface area (Å²) < 4.78 is 6.29. The summed E-state index contributed by atoms with van der Waals surface area (Å²) in [5.41, 5.74) is 2.95. The summed E-state index contributed by atoms with van der Waals surface area (Å²) >= 11 is 0. The number of aliphatic hydroxyl groups is 1. The SMILES string of the molecule is C[C@H]1[C@H]([Si](C)(C)O)[C@@H](CCO)O[C@H]1CCc1cccc(N(C=O)c2ccccc2)c1. The molecule has 1 saturated heterocycles. The number of aryl methyl sites for hydroxylation is 1. The maximum atomic E-state index is 11.7. The van der Waals surface area contributed by atoms with Crippen LogP contribution in [0.15, 0.2) is 54.6 Å². The van der Waals surface area contributed by atoms with Gasteiger partial charge in [0.05, 0.1) is 12.2 Å². The first-order chi connectivity index (χ1) is 14.3. The molecular weight excluding hydrogens is 394 g/mol. The second kappa shape index (κ2) is 9.88. The number of anilines is 2. The van der Waals surface area contributed by atoms with Gasteiger partial charge in [-0.1, -0.05) is 37.3 Å². The van der Waals surface area contributed by atoms with Gasteiger partial charge in [-0.3, -0.25) is 9.69 Å². The molecule has 0 radical (unpaired) electrons. The topological polar surface area (TPSA) is 70.0 Å². The highest BCUT2D eigenvalue weighted by atomic mass is 28.4. The van der Waals surface area contributed by atoms with Crippen molar-refractivity contribution < 1.29 is 19.4 Å². The highest BCUT2D eigenvalue weighted by molar-refractivity contribution is 6.71. The highest BCUT2D eigenvalue weighted by Gasteiger charge is 2.49. The molecule has 30 heavy (non-hydrogen) atoms. The Balaban J connectivity index is 1.70. The lowest BCUT2D eigenvalue weighted by Gasteiger charge is -2.30. The molecule has 5 nitrogen and oxygen atoms in total. The fraction of sp³-hybridized carbons (Fsp3) is 0.458. The summed E-state index contributed by atoms with van der Waals surface area (Å²) in [4.78, 5) is 24.1. The molecule has 0 spiro atoms. The summed E-state index contributed by atoms with van der Waals surface area (Å²) in [6.45, 7) is 6.17. The normalized spacial score (nSPS) is 24.0. The summed E-state index contributed by atoms with van der Waals surface area (Å²) in [5, 5.41) is 9.41. The standard InChI is InChI=1S/C24H33NO4Si/c1-18-22(29-23(14-15-26)24(18)30(2,3)28)13-12-19-8-7-11-21(16-19)25(17-27)20-9-5-4-6-10-20/h4-11,16-18,22-24,26,28H,12-15H2,1-3H3/t18-,22+,23-,24+/m1/s1. The molecule has 162 valence electrons. The first-order valence-corrected chi connectivity index (χ1v) is 13.7. The van der Waals surface area contributed by atoms with Gasteiger partial charge in [-0.05, 0) is 68.1 Å². The molecule has 1 fully saturated rings. The van der Waals surface area contributed by atoms with Crippen molar-refractivity contribution in [2.75, 3.05) is 11.5 Å². The third-order valence-electron chi connectivity index (χ3n) is 6.18. The van der Waals surface area contributed by atoms with Crippen molar-refractivity contribution in [3.8, 4) is 0 Å². The molecule has 4 atom stereocenters. The summed E-state index contributed by atoms with van der Waals surface area (Å²) in [6.07, 6.45) is 3.08. The van der Waals surface area contributed by atoms with E-state index in [1.807, 2.05) is 55.6 Å². The van der Waals surface area contributed by atoms with Gasteiger partial charge < -0.3 is 14.6 Å². The number of aliphatic hydroxyl groups excluding tert-OH is 1. The molecule has 1 heterocycles. The van der Waals surface area contributed by atoms with Crippen LogP contribution in [0.5, 0.6) is 0 Å². The molecule has 1 amide bonds. The molecule has 2 aromatic carbocycles. The summed E-state index contributed by atoms with van der Waals surface area (Å²) in [7, 11) is -2.39. The maximum Gasteiger partial charge on any atom is 0.218 e. The molecule has 0 bridgehead atoms. The van der Waals surface area contributed by atoms with Gasteiger partial charge in [-0.15, -0.1) is 0 Å². The smallest absolute Gasteiger partial charge is 0.218 e. The fourth-order valence-electron chi connectivity index (χ4n) is 4.84. The summed E-state index contributed by atoms with van der Waals surface area (Å²) in [6, 6.07) is 17.6. The lowest BCUT2D eigenvalue weighted by Crippen LogP contribution is -2.40. The average molecular weight is 428 g/mol. The van der Waals surface area contributed by atoms with Gasteiger partial charge in [0.15, 0.2) is 8.32 Å². The second-order valence-electron chi connectivity index (χ2n) is 8.78. The molecule has 2 N–H and O–H groups in total. The zero-order valence-corrected chi connectivity index (χ0v) is 19.1. The van der Waals surface area contributed by atoms with E-state index in [9.17, 15) is 14.7 Å². The Morgan fingerprint density at radius 1 is 1.03 bits per heavy atom. The summed E-state index contributed by atoms with van der Waals surface area (Å²) in [5.74, 6) is 0.257. The van der Waals surface area contributed by atoms with Gasteiger partial charge in [0, 0.05) is 23.5 Å². The van der Waals surface area contributed by atoms with Crippen LogP contribution in [-0.4, -0.2) is 43.4 Å². The van der Waals surface area contributed by atoms with Gasteiger partial charge >= 0.3 is 0 Å². The Hall–Kier alpha value is -1.99. The molecule has 0 saturated carbocycles. The van der Waals surface area contributed by atoms with Crippen LogP contribution in [-0.2, 0) is 16.0 Å². The fourth-order valence-corrected chi connectivity index (χ4v) is 7.49. The first kappa shape index (κ1) is 22.7. The maximum absolute atomic E-state index is 11.7. The Kier molecular flexibility index (Phi) is 7.47. The van der Waals surface area contributed by atoms with E-state index in [-0.39, 0.29) is 30.3 Å². The van der Waals surface area contributed by atoms with Crippen LogP contribution in [0, 0.1) is 5.92 Å². The van der Waals surface area contributed by atoms with E-state index < -0.39 is 8.32 Å². The van der Waals surface area contributed by atoms with Crippen LogP contribution in [0.4, 0.5) is 11.4 Å². The predicted molar refractivity (Wildman–Crippen MR) is 122 cm³/mol.